The van der Waals surface area contributed by atoms with Crippen LogP contribution in [0.5, 0.6) is 0 Å². The fourth-order valence-corrected chi connectivity index (χ4v) is 2.77. The summed E-state index contributed by atoms with van der Waals surface area (Å²) in [5, 5.41) is 17.9. The van der Waals surface area contributed by atoms with Gasteiger partial charge in [0.05, 0.1) is 16.5 Å². The predicted octanol–water partition coefficient (Wildman–Crippen LogP) is 1.34. The van der Waals surface area contributed by atoms with Crippen molar-refractivity contribution in [2.45, 2.75) is 12.5 Å². The largest absolute Gasteiger partial charge is 0.394 e. The summed E-state index contributed by atoms with van der Waals surface area (Å²) in [6.07, 6.45) is 0.343. The quantitative estimate of drug-likeness (QED) is 0.832. The summed E-state index contributed by atoms with van der Waals surface area (Å²) in [5.74, 6) is 0. The number of hydrogen-bond donors (Lipinski definition) is 2. The van der Waals surface area contributed by atoms with E-state index in [1.54, 1.807) is 11.3 Å². The molecule has 0 aliphatic carbocycles. The molecule has 1 heterocycles. The van der Waals surface area contributed by atoms with Gasteiger partial charge in [-0.15, -0.1) is 11.3 Å². The topological polar surface area (TPSA) is 43.7 Å². The first-order chi connectivity index (χ1) is 7.11. The number of aliphatic hydroxyl groups excluding tert-OH is 2. The average molecular weight is 294 g/mol. The van der Waals surface area contributed by atoms with E-state index in [1.165, 1.54) is 4.88 Å². The number of halogens is 1. The lowest BCUT2D eigenvalue weighted by Gasteiger charge is -2.18. The Labute approximate surface area is 102 Å². The first-order valence-corrected chi connectivity index (χ1v) is 6.44. The molecule has 86 valence electrons. The van der Waals surface area contributed by atoms with Crippen molar-refractivity contribution >= 4 is 27.3 Å². The van der Waals surface area contributed by atoms with E-state index < -0.39 is 6.10 Å². The number of aliphatic hydroxyl groups is 2. The zero-order valence-electron chi connectivity index (χ0n) is 8.69. The third-order valence-corrected chi connectivity index (χ3v) is 3.79. The highest BCUT2D eigenvalue weighted by Gasteiger charge is 2.07. The maximum atomic E-state index is 9.23. The van der Waals surface area contributed by atoms with Crippen LogP contribution in [0.25, 0.3) is 0 Å². The number of nitrogens with zero attached hydrogens (tertiary/aromatic N) is 1. The summed E-state index contributed by atoms with van der Waals surface area (Å²) in [6.45, 7) is 1.24. The molecule has 0 aromatic carbocycles. The lowest BCUT2D eigenvalue weighted by atomic mass is 10.3. The van der Waals surface area contributed by atoms with Crippen LogP contribution in [0.15, 0.2) is 15.9 Å². The maximum Gasteiger partial charge on any atom is 0.0897 e. The molecule has 1 atom stereocenters. The zero-order valence-corrected chi connectivity index (χ0v) is 11.1. The monoisotopic (exact) mass is 293 g/mol. The van der Waals surface area contributed by atoms with Gasteiger partial charge in [-0.2, -0.15) is 0 Å². The van der Waals surface area contributed by atoms with E-state index in [9.17, 15) is 5.11 Å². The van der Waals surface area contributed by atoms with Crippen molar-refractivity contribution in [2.24, 2.45) is 0 Å². The first kappa shape index (κ1) is 13.1. The molecule has 3 nitrogen and oxygen atoms in total. The Morgan fingerprint density at radius 3 is 2.80 bits per heavy atom. The lowest BCUT2D eigenvalue weighted by molar-refractivity contribution is 0.0670. The molecular formula is C10H16BrNO2S. The van der Waals surface area contributed by atoms with Crippen molar-refractivity contribution in [3.05, 3.63) is 20.8 Å². The minimum absolute atomic E-state index is 0.172. The zero-order chi connectivity index (χ0) is 11.3. The van der Waals surface area contributed by atoms with Crippen LogP contribution >= 0.6 is 27.3 Å². The average Bonchev–Trinajstić information content (AvgIpc) is 2.61. The highest BCUT2D eigenvalue weighted by atomic mass is 79.9. The van der Waals surface area contributed by atoms with Crippen LogP contribution < -0.4 is 0 Å². The van der Waals surface area contributed by atoms with E-state index >= 15 is 0 Å². The summed E-state index contributed by atoms with van der Waals surface area (Å²) in [6, 6.07) is 4.15. The molecule has 1 aromatic rings. The van der Waals surface area contributed by atoms with Gasteiger partial charge in [0.15, 0.2) is 0 Å². The normalized spacial score (nSPS) is 13.4. The second kappa shape index (κ2) is 6.60. The molecule has 15 heavy (non-hydrogen) atoms. The summed E-state index contributed by atoms with van der Waals surface area (Å²) in [4.78, 5) is 3.35. The van der Waals surface area contributed by atoms with E-state index in [2.05, 4.69) is 22.0 Å². The molecular weight excluding hydrogens is 278 g/mol. The van der Waals surface area contributed by atoms with Crippen molar-refractivity contribution in [3.8, 4) is 0 Å². The Morgan fingerprint density at radius 1 is 1.53 bits per heavy atom. The van der Waals surface area contributed by atoms with Gasteiger partial charge in [-0.05, 0) is 41.5 Å². The van der Waals surface area contributed by atoms with Crippen LogP contribution in [0.1, 0.15) is 4.88 Å². The number of hydrogen-bond acceptors (Lipinski definition) is 4. The fourth-order valence-electron chi connectivity index (χ4n) is 1.30. The summed E-state index contributed by atoms with van der Waals surface area (Å²) >= 11 is 5.15. The van der Waals surface area contributed by atoms with E-state index in [4.69, 9.17) is 5.11 Å². The van der Waals surface area contributed by atoms with Gasteiger partial charge in [0, 0.05) is 18.0 Å². The molecule has 2 N–H and O–H groups in total. The molecule has 0 saturated carbocycles. The van der Waals surface area contributed by atoms with Gasteiger partial charge in [-0.3, -0.25) is 0 Å². The van der Waals surface area contributed by atoms with E-state index in [0.29, 0.717) is 6.54 Å². The lowest BCUT2D eigenvalue weighted by Crippen LogP contribution is -2.32. The minimum atomic E-state index is -0.634. The number of thiophene rings is 1. The van der Waals surface area contributed by atoms with Gasteiger partial charge in [-0.1, -0.05) is 0 Å². The fraction of sp³-hybridized carbons (Fsp3) is 0.600. The van der Waals surface area contributed by atoms with Gasteiger partial charge in [-0.25, -0.2) is 0 Å². The van der Waals surface area contributed by atoms with E-state index in [-0.39, 0.29) is 6.61 Å². The molecule has 0 bridgehead atoms. The molecule has 0 fully saturated rings. The van der Waals surface area contributed by atoms with Crippen molar-refractivity contribution in [3.63, 3.8) is 0 Å². The van der Waals surface area contributed by atoms with Crippen molar-refractivity contribution < 1.29 is 10.2 Å². The standard InChI is InChI=1S/C10H16BrNO2S/c1-12(6-8(14)7-13)5-4-9-2-3-10(11)15-9/h2-3,8,13-14H,4-7H2,1H3. The number of rotatable bonds is 6. The summed E-state index contributed by atoms with van der Waals surface area (Å²) < 4.78 is 1.15. The molecule has 1 unspecified atom stereocenters. The summed E-state index contributed by atoms with van der Waals surface area (Å²) in [5.41, 5.74) is 0. The van der Waals surface area contributed by atoms with Crippen LogP contribution in [0.2, 0.25) is 0 Å². The van der Waals surface area contributed by atoms with E-state index in [1.807, 2.05) is 18.0 Å². The third-order valence-electron chi connectivity index (χ3n) is 2.10. The molecule has 1 aromatic heterocycles. The highest BCUT2D eigenvalue weighted by molar-refractivity contribution is 9.11. The van der Waals surface area contributed by atoms with Crippen molar-refractivity contribution in [1.29, 1.82) is 0 Å². The molecule has 0 aliphatic rings. The molecule has 0 aliphatic heterocycles. The SMILES string of the molecule is CN(CCc1ccc(Br)s1)CC(O)CO. The van der Waals surface area contributed by atoms with Gasteiger partial charge < -0.3 is 15.1 Å². The molecule has 0 spiro atoms. The Kier molecular flexibility index (Phi) is 5.78. The molecule has 0 amide bonds. The molecule has 5 heteroatoms. The molecule has 1 rings (SSSR count). The van der Waals surface area contributed by atoms with Crippen LogP contribution in [-0.2, 0) is 6.42 Å². The second-order valence-electron chi connectivity index (χ2n) is 3.55. The Morgan fingerprint density at radius 2 is 2.27 bits per heavy atom. The van der Waals surface area contributed by atoms with Gasteiger partial charge in [0.1, 0.15) is 0 Å². The van der Waals surface area contributed by atoms with Crippen molar-refractivity contribution in [2.75, 3.05) is 26.7 Å². The van der Waals surface area contributed by atoms with Crippen molar-refractivity contribution in [1.82, 2.24) is 4.90 Å². The van der Waals surface area contributed by atoms with E-state index in [0.717, 1.165) is 16.8 Å². The number of likely N-dealkylation sites (N-methyl/N-ethyl adjacent to an activating group) is 1. The third kappa shape index (κ3) is 5.08. The smallest absolute Gasteiger partial charge is 0.0897 e. The highest BCUT2D eigenvalue weighted by Crippen LogP contribution is 2.22. The molecule has 0 saturated heterocycles. The Hall–Kier alpha value is 0.0600. The predicted molar refractivity (Wildman–Crippen MR) is 66.3 cm³/mol. The maximum absolute atomic E-state index is 9.23. The van der Waals surface area contributed by atoms with Crippen LogP contribution in [0.3, 0.4) is 0 Å². The summed E-state index contributed by atoms with van der Waals surface area (Å²) in [7, 11) is 1.95. The minimum Gasteiger partial charge on any atom is -0.394 e. The van der Waals surface area contributed by atoms with Crippen LogP contribution in [0, 0.1) is 0 Å². The first-order valence-electron chi connectivity index (χ1n) is 4.83. The molecule has 0 radical (unpaired) electrons. The Balaban J connectivity index is 2.25. The van der Waals surface area contributed by atoms with Gasteiger partial charge in [0.25, 0.3) is 0 Å². The Bertz CT molecular complexity index is 293. The van der Waals surface area contributed by atoms with Crippen LogP contribution in [0.4, 0.5) is 0 Å². The van der Waals surface area contributed by atoms with Crippen LogP contribution in [-0.4, -0.2) is 48.0 Å². The van der Waals surface area contributed by atoms with Gasteiger partial charge in [0.2, 0.25) is 0 Å². The second-order valence-corrected chi connectivity index (χ2v) is 6.10. The van der Waals surface area contributed by atoms with Gasteiger partial charge >= 0.3 is 0 Å².